The molecule has 0 aliphatic heterocycles. The van der Waals surface area contributed by atoms with Gasteiger partial charge in [0.15, 0.2) is 12.2 Å². The molecule has 5 atom stereocenters. The first kappa shape index (κ1) is 99.1. The second-order valence-electron chi connectivity index (χ2n) is 29.5. The summed E-state index contributed by atoms with van der Waals surface area (Å²) in [4.78, 5) is 72.9. The maximum absolute atomic E-state index is 13.1. The van der Waals surface area contributed by atoms with Gasteiger partial charge in [-0.1, -0.05) is 394 Å². The van der Waals surface area contributed by atoms with Crippen molar-refractivity contribution in [2.75, 3.05) is 39.6 Å². The first-order valence-corrected chi connectivity index (χ1v) is 45.8. The molecule has 0 aliphatic carbocycles. The summed E-state index contributed by atoms with van der Waals surface area (Å²) in [7, 11) is -9.91. The molecule has 0 fully saturated rings. The second kappa shape index (κ2) is 76.3. The van der Waals surface area contributed by atoms with Crippen LogP contribution in [0.15, 0.2) is 0 Å². The van der Waals surface area contributed by atoms with Gasteiger partial charge in [0, 0.05) is 25.7 Å². The van der Waals surface area contributed by atoms with Gasteiger partial charge in [-0.2, -0.15) is 0 Å². The van der Waals surface area contributed by atoms with Crippen LogP contribution in [0.3, 0.4) is 0 Å². The fourth-order valence-corrected chi connectivity index (χ4v) is 14.4. The van der Waals surface area contributed by atoms with Gasteiger partial charge in [0.2, 0.25) is 0 Å². The van der Waals surface area contributed by atoms with Crippen molar-refractivity contribution in [2.24, 2.45) is 0 Å². The van der Waals surface area contributed by atoms with E-state index in [1.165, 1.54) is 263 Å². The summed E-state index contributed by atoms with van der Waals surface area (Å²) in [5, 5.41) is 10.6. The predicted octanol–water partition coefficient (Wildman–Crippen LogP) is 25.0. The number of hydrogen-bond acceptors (Lipinski definition) is 15. The first-order chi connectivity index (χ1) is 49.2. The molecule has 0 heterocycles. The number of aliphatic hydroxyl groups is 1. The Labute approximate surface area is 619 Å². The molecular formula is C82H160O17P2. The summed E-state index contributed by atoms with van der Waals surface area (Å²) in [6, 6.07) is 0. The van der Waals surface area contributed by atoms with Crippen LogP contribution in [-0.4, -0.2) is 96.7 Å². The Bertz CT molecular complexity index is 1910. The summed E-state index contributed by atoms with van der Waals surface area (Å²) in [6.45, 7) is 4.99. The molecule has 0 spiro atoms. The van der Waals surface area contributed by atoms with Crippen LogP contribution in [-0.2, 0) is 65.4 Å². The van der Waals surface area contributed by atoms with Gasteiger partial charge >= 0.3 is 39.5 Å². The summed E-state index contributed by atoms with van der Waals surface area (Å²) < 4.78 is 68.6. The maximum atomic E-state index is 13.1. The first-order valence-electron chi connectivity index (χ1n) is 42.8. The summed E-state index contributed by atoms with van der Waals surface area (Å²) in [5.41, 5.74) is 0. The van der Waals surface area contributed by atoms with Crippen LogP contribution < -0.4 is 0 Å². The second-order valence-corrected chi connectivity index (χ2v) is 32.4. The van der Waals surface area contributed by atoms with Gasteiger partial charge in [0.1, 0.15) is 19.3 Å². The van der Waals surface area contributed by atoms with E-state index in [9.17, 15) is 43.2 Å². The van der Waals surface area contributed by atoms with Crippen LogP contribution in [0.4, 0.5) is 0 Å². The molecule has 600 valence electrons. The molecule has 0 radical (unpaired) electrons. The third-order valence-corrected chi connectivity index (χ3v) is 21.3. The summed E-state index contributed by atoms with van der Waals surface area (Å²) in [6.07, 6.45) is 69.6. The quantitative estimate of drug-likeness (QED) is 0.0222. The lowest BCUT2D eigenvalue weighted by molar-refractivity contribution is -0.161. The van der Waals surface area contributed by atoms with Crippen LogP contribution >= 0.6 is 15.6 Å². The van der Waals surface area contributed by atoms with Gasteiger partial charge in [0.25, 0.3) is 0 Å². The number of rotatable bonds is 83. The maximum Gasteiger partial charge on any atom is 0.472 e. The highest BCUT2D eigenvalue weighted by molar-refractivity contribution is 7.47. The smallest absolute Gasteiger partial charge is 0.462 e. The monoisotopic (exact) mass is 1480 g/mol. The van der Waals surface area contributed by atoms with E-state index in [0.717, 1.165) is 103 Å². The number of phosphoric ester groups is 2. The topological polar surface area (TPSA) is 237 Å². The minimum Gasteiger partial charge on any atom is -0.462 e. The molecule has 0 rings (SSSR count). The van der Waals surface area contributed by atoms with E-state index in [1.54, 1.807) is 0 Å². The molecule has 0 saturated heterocycles. The molecule has 0 amide bonds. The number of carbonyl (C=O) groups is 4. The molecule has 0 aromatic rings. The molecule has 2 unspecified atom stereocenters. The minimum absolute atomic E-state index is 0.108. The van der Waals surface area contributed by atoms with Gasteiger partial charge in [0.05, 0.1) is 26.4 Å². The van der Waals surface area contributed by atoms with Gasteiger partial charge in [-0.25, -0.2) is 9.13 Å². The van der Waals surface area contributed by atoms with Crippen molar-refractivity contribution in [1.29, 1.82) is 0 Å². The van der Waals surface area contributed by atoms with Crippen molar-refractivity contribution < 1.29 is 80.2 Å². The summed E-state index contributed by atoms with van der Waals surface area (Å²) in [5.74, 6) is -2.11. The zero-order valence-corrected chi connectivity index (χ0v) is 67.7. The number of carbonyl (C=O) groups excluding carboxylic acids is 4. The Morgan fingerprint density at radius 3 is 0.584 bits per heavy atom. The van der Waals surface area contributed by atoms with Crippen molar-refractivity contribution >= 4 is 39.5 Å². The lowest BCUT2D eigenvalue weighted by Gasteiger charge is -2.21. The zero-order chi connectivity index (χ0) is 73.9. The Hall–Kier alpha value is -1.94. The Morgan fingerprint density at radius 1 is 0.238 bits per heavy atom. The van der Waals surface area contributed by atoms with Crippen molar-refractivity contribution in [3.63, 3.8) is 0 Å². The molecule has 0 saturated carbocycles. The van der Waals surface area contributed by atoms with E-state index >= 15 is 0 Å². The van der Waals surface area contributed by atoms with Gasteiger partial charge < -0.3 is 33.8 Å². The minimum atomic E-state index is -4.96. The average molecular weight is 1480 g/mol. The number of unbranched alkanes of at least 4 members (excludes halogenated alkanes) is 57. The van der Waals surface area contributed by atoms with Crippen molar-refractivity contribution in [1.82, 2.24) is 0 Å². The lowest BCUT2D eigenvalue weighted by atomic mass is 10.0. The Morgan fingerprint density at radius 2 is 0.396 bits per heavy atom. The van der Waals surface area contributed by atoms with Gasteiger partial charge in [-0.3, -0.25) is 37.3 Å². The van der Waals surface area contributed by atoms with Crippen LogP contribution in [0.25, 0.3) is 0 Å². The molecule has 0 aliphatic rings. The Balaban J connectivity index is 5.17. The number of hydrogen-bond donors (Lipinski definition) is 3. The highest BCUT2D eigenvalue weighted by Gasteiger charge is 2.30. The van der Waals surface area contributed by atoms with E-state index in [1.807, 2.05) is 0 Å². The molecule has 101 heavy (non-hydrogen) atoms. The van der Waals surface area contributed by atoms with Crippen molar-refractivity contribution in [3.8, 4) is 0 Å². The van der Waals surface area contributed by atoms with Crippen LogP contribution in [0.5, 0.6) is 0 Å². The molecular weight excluding hydrogens is 1320 g/mol. The Kier molecular flexibility index (Phi) is 74.8. The normalized spacial score (nSPS) is 13.8. The molecule has 17 nitrogen and oxygen atoms in total. The number of ether oxygens (including phenoxy) is 4. The van der Waals surface area contributed by atoms with Crippen LogP contribution in [0, 0.1) is 0 Å². The zero-order valence-electron chi connectivity index (χ0n) is 65.9. The number of esters is 4. The SMILES string of the molecule is CCCCCCCCCCCCCCCCCCCCCCC(=O)O[C@H](COC(=O)CCCCCCCCCCCCCCCCCCCCC)COP(=O)(O)OC[C@@H](O)COP(=O)(O)OC[C@@H](COC(=O)CCCCCCCCC)OC(=O)CCCCCCCCCCCCCCCCC. The largest absolute Gasteiger partial charge is 0.472 e. The van der Waals surface area contributed by atoms with E-state index in [2.05, 4.69) is 27.7 Å². The molecule has 3 N–H and O–H groups in total. The summed E-state index contributed by atoms with van der Waals surface area (Å²) >= 11 is 0. The molecule has 0 aromatic heterocycles. The standard InChI is InChI=1S/C82H160O17P2/c1-5-9-13-17-21-24-27-30-33-35-37-39-41-44-47-50-53-57-61-65-69-82(87)99-78(73-93-80(85)67-63-59-55-51-48-45-43-40-38-36-34-31-28-25-22-18-14-10-6-2)75-97-101(90,91)95-71-76(83)70-94-100(88,89)96-74-77(72-92-79(84)66-62-58-54-20-16-12-8-4)98-81(86)68-64-60-56-52-49-46-42-32-29-26-23-19-15-11-7-3/h76-78,83H,5-75H2,1-4H3,(H,88,89)(H,90,91)/t76-,77+,78+/m0/s1. The molecule has 0 bridgehead atoms. The highest BCUT2D eigenvalue weighted by atomic mass is 31.2. The van der Waals surface area contributed by atoms with E-state index in [-0.39, 0.29) is 25.7 Å². The van der Waals surface area contributed by atoms with Gasteiger partial charge in [-0.05, 0) is 25.7 Å². The third-order valence-electron chi connectivity index (χ3n) is 19.4. The predicted molar refractivity (Wildman–Crippen MR) is 414 cm³/mol. The third kappa shape index (κ3) is 76.1. The van der Waals surface area contributed by atoms with Crippen LogP contribution in [0.2, 0.25) is 0 Å². The highest BCUT2D eigenvalue weighted by Crippen LogP contribution is 2.45. The van der Waals surface area contributed by atoms with Crippen LogP contribution in [0.1, 0.15) is 445 Å². The van der Waals surface area contributed by atoms with Crippen molar-refractivity contribution in [2.45, 2.75) is 463 Å². The van der Waals surface area contributed by atoms with Gasteiger partial charge in [-0.15, -0.1) is 0 Å². The molecule has 19 heteroatoms. The molecule has 0 aromatic carbocycles. The van der Waals surface area contributed by atoms with E-state index in [0.29, 0.717) is 25.7 Å². The fraction of sp³-hybridized carbons (Fsp3) is 0.951. The van der Waals surface area contributed by atoms with E-state index < -0.39 is 97.5 Å². The lowest BCUT2D eigenvalue weighted by Crippen LogP contribution is -2.30. The van der Waals surface area contributed by atoms with E-state index in [4.69, 9.17) is 37.0 Å². The number of aliphatic hydroxyl groups excluding tert-OH is 1. The fourth-order valence-electron chi connectivity index (χ4n) is 12.8. The van der Waals surface area contributed by atoms with Crippen molar-refractivity contribution in [3.05, 3.63) is 0 Å². The average Bonchev–Trinajstić information content (AvgIpc) is 0.992. The number of phosphoric acid groups is 2.